The zero-order valence-electron chi connectivity index (χ0n) is 12.5. The maximum absolute atomic E-state index is 13.3. The van der Waals surface area contributed by atoms with Crippen molar-refractivity contribution in [1.82, 2.24) is 0 Å². The average Bonchev–Trinajstić information content (AvgIpc) is 2.43. The Hall–Kier alpha value is -0.940. The van der Waals surface area contributed by atoms with Gasteiger partial charge in [0, 0.05) is 4.90 Å². The van der Waals surface area contributed by atoms with E-state index in [4.69, 9.17) is 22.1 Å². The van der Waals surface area contributed by atoms with Gasteiger partial charge in [0.2, 0.25) is 0 Å². The van der Waals surface area contributed by atoms with E-state index in [0.717, 1.165) is 12.8 Å². The fourth-order valence-electron chi connectivity index (χ4n) is 1.63. The third-order valence-electron chi connectivity index (χ3n) is 3.03. The Bertz CT molecular complexity index is 499. The lowest BCUT2D eigenvalue weighted by Crippen LogP contribution is -2.24. The van der Waals surface area contributed by atoms with Crippen LogP contribution < -0.4 is 5.73 Å². The molecule has 0 aliphatic carbocycles. The molecule has 0 aliphatic heterocycles. The van der Waals surface area contributed by atoms with Crippen LogP contribution in [0.2, 0.25) is 5.02 Å². The Morgan fingerprint density at radius 2 is 2.14 bits per heavy atom. The monoisotopic (exact) mass is 333 g/mol. The van der Waals surface area contributed by atoms with E-state index in [0.29, 0.717) is 11.3 Å². The zero-order chi connectivity index (χ0) is 16.0. The predicted octanol–water partition coefficient (Wildman–Crippen LogP) is 4.66. The van der Waals surface area contributed by atoms with Crippen LogP contribution in [0, 0.1) is 5.82 Å². The lowest BCUT2D eigenvalue weighted by molar-refractivity contribution is -0.147. The molecule has 2 unspecified atom stereocenters. The van der Waals surface area contributed by atoms with Crippen LogP contribution in [0.5, 0.6) is 0 Å². The highest BCUT2D eigenvalue weighted by atomic mass is 35.5. The Morgan fingerprint density at radius 1 is 1.48 bits per heavy atom. The van der Waals surface area contributed by atoms with Crippen molar-refractivity contribution < 1.29 is 13.9 Å². The standard InChI is InChI=1S/C15H21ClFNO2S/c1-4-6-13(15(19)20-9(3)5-2)21-14-8-12(18)11(17)7-10(14)16/h7-9,13H,4-6,18H2,1-3H3. The second kappa shape index (κ2) is 8.49. The molecule has 1 aromatic carbocycles. The van der Waals surface area contributed by atoms with Crippen LogP contribution in [-0.2, 0) is 9.53 Å². The molecule has 0 amide bonds. The molecule has 0 aliphatic rings. The molecule has 1 aromatic rings. The number of nitrogen functional groups attached to an aromatic ring is 1. The highest BCUT2D eigenvalue weighted by molar-refractivity contribution is 8.00. The number of hydrogen-bond donors (Lipinski definition) is 1. The summed E-state index contributed by atoms with van der Waals surface area (Å²) in [5.74, 6) is -0.825. The second-order valence-electron chi connectivity index (χ2n) is 4.86. The SMILES string of the molecule is CCCC(Sc1cc(N)c(F)cc1Cl)C(=O)OC(C)CC. The van der Waals surface area contributed by atoms with Crippen LogP contribution in [0.25, 0.3) is 0 Å². The molecule has 21 heavy (non-hydrogen) atoms. The lowest BCUT2D eigenvalue weighted by Gasteiger charge is -2.18. The van der Waals surface area contributed by atoms with Crippen LogP contribution in [0.4, 0.5) is 10.1 Å². The summed E-state index contributed by atoms with van der Waals surface area (Å²) in [4.78, 5) is 12.8. The van der Waals surface area contributed by atoms with Gasteiger partial charge >= 0.3 is 5.97 Å². The molecule has 0 saturated carbocycles. The molecule has 6 heteroatoms. The fraction of sp³-hybridized carbons (Fsp3) is 0.533. The first-order valence-corrected chi connectivity index (χ1v) is 8.26. The first-order valence-electron chi connectivity index (χ1n) is 7.00. The molecular weight excluding hydrogens is 313 g/mol. The van der Waals surface area contributed by atoms with Crippen molar-refractivity contribution in [3.63, 3.8) is 0 Å². The molecule has 0 aromatic heterocycles. The van der Waals surface area contributed by atoms with Crippen LogP contribution in [0.15, 0.2) is 17.0 Å². The lowest BCUT2D eigenvalue weighted by atomic mass is 10.2. The van der Waals surface area contributed by atoms with Gasteiger partial charge in [0.15, 0.2) is 0 Å². The molecule has 3 nitrogen and oxygen atoms in total. The minimum atomic E-state index is -0.557. The molecule has 0 spiro atoms. The zero-order valence-corrected chi connectivity index (χ0v) is 14.1. The number of rotatable bonds is 7. The number of anilines is 1. The number of nitrogens with two attached hydrogens (primary N) is 1. The Morgan fingerprint density at radius 3 is 2.71 bits per heavy atom. The smallest absolute Gasteiger partial charge is 0.319 e. The van der Waals surface area contributed by atoms with Gasteiger partial charge in [0.1, 0.15) is 11.1 Å². The number of benzene rings is 1. The van der Waals surface area contributed by atoms with Crippen molar-refractivity contribution in [1.29, 1.82) is 0 Å². The summed E-state index contributed by atoms with van der Waals surface area (Å²) in [6, 6.07) is 2.63. The van der Waals surface area contributed by atoms with Gasteiger partial charge in [0.05, 0.1) is 16.8 Å². The maximum atomic E-state index is 13.3. The molecule has 1 rings (SSSR count). The van der Waals surface area contributed by atoms with E-state index in [1.807, 2.05) is 20.8 Å². The van der Waals surface area contributed by atoms with Crippen LogP contribution in [0.3, 0.4) is 0 Å². The third kappa shape index (κ3) is 5.40. The molecule has 0 radical (unpaired) electrons. The van der Waals surface area contributed by atoms with Crippen molar-refractivity contribution in [2.75, 3.05) is 5.73 Å². The molecule has 0 saturated heterocycles. The minimum Gasteiger partial charge on any atom is -0.462 e. The fourth-order valence-corrected chi connectivity index (χ4v) is 3.10. The molecule has 118 valence electrons. The summed E-state index contributed by atoms with van der Waals surface area (Å²) in [6.07, 6.45) is 2.14. The van der Waals surface area contributed by atoms with Crippen molar-refractivity contribution in [2.24, 2.45) is 0 Å². The summed E-state index contributed by atoms with van der Waals surface area (Å²) in [5, 5.41) is -0.115. The first kappa shape index (κ1) is 18.1. The van der Waals surface area contributed by atoms with E-state index in [1.165, 1.54) is 23.9 Å². The van der Waals surface area contributed by atoms with Crippen molar-refractivity contribution >= 4 is 35.0 Å². The van der Waals surface area contributed by atoms with Crippen LogP contribution in [0.1, 0.15) is 40.0 Å². The van der Waals surface area contributed by atoms with E-state index in [2.05, 4.69) is 0 Å². The summed E-state index contributed by atoms with van der Waals surface area (Å²) < 4.78 is 18.7. The van der Waals surface area contributed by atoms with Gasteiger partial charge in [-0.2, -0.15) is 0 Å². The van der Waals surface area contributed by atoms with E-state index < -0.39 is 5.82 Å². The van der Waals surface area contributed by atoms with E-state index in [1.54, 1.807) is 0 Å². The first-order chi connectivity index (χ1) is 9.88. The Kier molecular flexibility index (Phi) is 7.32. The van der Waals surface area contributed by atoms with Gasteiger partial charge in [-0.25, -0.2) is 4.39 Å². The number of hydrogen-bond acceptors (Lipinski definition) is 4. The maximum Gasteiger partial charge on any atom is 0.319 e. The van der Waals surface area contributed by atoms with Crippen LogP contribution in [-0.4, -0.2) is 17.3 Å². The number of halogens is 2. The van der Waals surface area contributed by atoms with Gasteiger partial charge < -0.3 is 10.5 Å². The van der Waals surface area contributed by atoms with Gasteiger partial charge in [-0.05, 0) is 31.9 Å². The molecule has 0 bridgehead atoms. The number of esters is 1. The quantitative estimate of drug-likeness (QED) is 0.448. The Balaban J connectivity index is 2.88. The molecule has 2 N–H and O–H groups in total. The van der Waals surface area contributed by atoms with E-state index in [-0.39, 0.29) is 28.0 Å². The predicted molar refractivity (Wildman–Crippen MR) is 86.2 cm³/mol. The molecule has 0 fully saturated rings. The summed E-state index contributed by atoms with van der Waals surface area (Å²) in [6.45, 7) is 5.80. The highest BCUT2D eigenvalue weighted by Gasteiger charge is 2.23. The Labute approximate surface area is 134 Å². The number of carbonyl (C=O) groups is 1. The average molecular weight is 334 g/mol. The van der Waals surface area contributed by atoms with E-state index >= 15 is 0 Å². The van der Waals surface area contributed by atoms with Gasteiger partial charge in [-0.3, -0.25) is 4.79 Å². The minimum absolute atomic E-state index is 0.0208. The largest absolute Gasteiger partial charge is 0.462 e. The highest BCUT2D eigenvalue weighted by Crippen LogP contribution is 2.35. The molecule has 2 atom stereocenters. The normalized spacial score (nSPS) is 13.8. The molecular formula is C15H21ClFNO2S. The van der Waals surface area contributed by atoms with Crippen molar-refractivity contribution in [2.45, 2.75) is 56.3 Å². The number of thioether (sulfide) groups is 1. The second-order valence-corrected chi connectivity index (χ2v) is 6.51. The third-order valence-corrected chi connectivity index (χ3v) is 4.76. The van der Waals surface area contributed by atoms with E-state index in [9.17, 15) is 9.18 Å². The topological polar surface area (TPSA) is 52.3 Å². The number of carbonyl (C=O) groups excluding carboxylic acids is 1. The number of ether oxygens (including phenoxy) is 1. The summed E-state index contributed by atoms with van der Waals surface area (Å²) in [5.41, 5.74) is 5.58. The van der Waals surface area contributed by atoms with Gasteiger partial charge in [-0.1, -0.05) is 31.9 Å². The molecule has 0 heterocycles. The van der Waals surface area contributed by atoms with Gasteiger partial charge in [0.25, 0.3) is 0 Å². The van der Waals surface area contributed by atoms with Crippen molar-refractivity contribution in [3.05, 3.63) is 23.0 Å². The van der Waals surface area contributed by atoms with Gasteiger partial charge in [-0.15, -0.1) is 11.8 Å². The summed E-state index contributed by atoms with van der Waals surface area (Å²) >= 11 is 7.29. The van der Waals surface area contributed by atoms with Crippen LogP contribution >= 0.6 is 23.4 Å². The van der Waals surface area contributed by atoms with Crippen molar-refractivity contribution in [3.8, 4) is 0 Å². The summed E-state index contributed by atoms with van der Waals surface area (Å²) in [7, 11) is 0.